The van der Waals surface area contributed by atoms with Crippen LogP contribution < -0.4 is 15.8 Å². The second-order valence-electron chi connectivity index (χ2n) is 7.47. The number of nitrogens with zero attached hydrogens (tertiary/aromatic N) is 2. The van der Waals surface area contributed by atoms with Crippen LogP contribution in [0.15, 0.2) is 72.8 Å². The molecule has 0 atom stereocenters. The van der Waals surface area contributed by atoms with Crippen LogP contribution in [0.3, 0.4) is 0 Å². The first-order valence-electron chi connectivity index (χ1n) is 10.1. The molecule has 0 unspecified atom stereocenters. The Balaban J connectivity index is 1.43. The Bertz CT molecular complexity index is 1330. The first-order valence-corrected chi connectivity index (χ1v) is 10.1. The molecular weight excluding hydrogens is 423 g/mol. The monoisotopic (exact) mass is 444 g/mol. The minimum absolute atomic E-state index is 0.309. The molecule has 33 heavy (non-hydrogen) atoms. The van der Waals surface area contributed by atoms with E-state index < -0.39 is 11.7 Å². The number of aryl methyl sites for hydroxylation is 2. The summed E-state index contributed by atoms with van der Waals surface area (Å²) in [7, 11) is 0. The van der Waals surface area contributed by atoms with Gasteiger partial charge in [-0.1, -0.05) is 0 Å². The smallest absolute Gasteiger partial charge is 0.255 e. The van der Waals surface area contributed by atoms with Gasteiger partial charge in [-0.2, -0.15) is 5.10 Å². The Morgan fingerprint density at radius 3 is 2.03 bits per heavy atom. The SMILES string of the molecule is Cc1cc(C)n(-c2ccc(NC(=O)c3ccc(Oc4ccc(C(N)=O)cc4)cc3)cc2F)n1. The van der Waals surface area contributed by atoms with Gasteiger partial charge in [-0.15, -0.1) is 0 Å². The summed E-state index contributed by atoms with van der Waals surface area (Å²) in [5.74, 6) is -0.359. The zero-order chi connectivity index (χ0) is 23.5. The molecule has 0 bridgehead atoms. The van der Waals surface area contributed by atoms with Crippen LogP contribution in [0.25, 0.3) is 5.69 Å². The number of primary amides is 1. The molecule has 3 aromatic carbocycles. The highest BCUT2D eigenvalue weighted by Gasteiger charge is 2.12. The predicted molar refractivity (Wildman–Crippen MR) is 122 cm³/mol. The second kappa shape index (κ2) is 8.96. The minimum atomic E-state index is -0.516. The van der Waals surface area contributed by atoms with Crippen LogP contribution in [-0.4, -0.2) is 21.6 Å². The fraction of sp³-hybridized carbons (Fsp3) is 0.0800. The zero-order valence-electron chi connectivity index (χ0n) is 18.0. The molecule has 0 saturated carbocycles. The molecule has 0 aliphatic rings. The van der Waals surface area contributed by atoms with Crippen molar-refractivity contribution >= 4 is 17.5 Å². The van der Waals surface area contributed by atoms with E-state index in [1.54, 1.807) is 60.7 Å². The highest BCUT2D eigenvalue weighted by atomic mass is 19.1. The maximum absolute atomic E-state index is 14.7. The molecule has 0 aliphatic carbocycles. The van der Waals surface area contributed by atoms with E-state index in [9.17, 15) is 14.0 Å². The van der Waals surface area contributed by atoms with Crippen LogP contribution in [0.4, 0.5) is 10.1 Å². The Kier molecular flexibility index (Phi) is 5.91. The molecule has 2 amide bonds. The molecular formula is C25H21FN4O3. The van der Waals surface area contributed by atoms with E-state index in [0.717, 1.165) is 11.4 Å². The van der Waals surface area contributed by atoms with Crippen molar-refractivity contribution in [2.75, 3.05) is 5.32 Å². The van der Waals surface area contributed by atoms with Gasteiger partial charge in [0.05, 0.1) is 5.69 Å². The third-order valence-corrected chi connectivity index (χ3v) is 4.93. The highest BCUT2D eigenvalue weighted by Crippen LogP contribution is 2.23. The van der Waals surface area contributed by atoms with Gasteiger partial charge in [-0.3, -0.25) is 9.59 Å². The van der Waals surface area contributed by atoms with Crippen molar-refractivity contribution in [2.45, 2.75) is 13.8 Å². The molecule has 0 saturated heterocycles. The Morgan fingerprint density at radius 1 is 0.909 bits per heavy atom. The molecule has 0 aliphatic heterocycles. The number of ether oxygens (including phenoxy) is 1. The fourth-order valence-electron chi connectivity index (χ4n) is 3.33. The molecule has 166 valence electrons. The summed E-state index contributed by atoms with van der Waals surface area (Å²) in [4.78, 5) is 23.7. The van der Waals surface area contributed by atoms with Crippen molar-refractivity contribution in [1.29, 1.82) is 0 Å². The summed E-state index contributed by atoms with van der Waals surface area (Å²) in [5.41, 5.74) is 8.24. The summed E-state index contributed by atoms with van der Waals surface area (Å²) < 4.78 is 21.9. The lowest BCUT2D eigenvalue weighted by Crippen LogP contribution is -2.12. The number of halogens is 1. The first kappa shape index (κ1) is 21.8. The second-order valence-corrected chi connectivity index (χ2v) is 7.47. The van der Waals surface area contributed by atoms with Crippen LogP contribution in [-0.2, 0) is 0 Å². The number of hydrogen-bond donors (Lipinski definition) is 2. The van der Waals surface area contributed by atoms with Gasteiger partial charge in [0.25, 0.3) is 5.91 Å². The van der Waals surface area contributed by atoms with Gasteiger partial charge in [0.1, 0.15) is 17.2 Å². The predicted octanol–water partition coefficient (Wildman–Crippen LogP) is 4.77. The fourth-order valence-corrected chi connectivity index (χ4v) is 3.33. The lowest BCUT2D eigenvalue weighted by molar-refractivity contribution is 0.0997. The summed E-state index contributed by atoms with van der Waals surface area (Å²) in [5, 5.41) is 6.98. The van der Waals surface area contributed by atoms with Crippen molar-refractivity contribution < 1.29 is 18.7 Å². The molecule has 4 aromatic rings. The number of nitrogens with two attached hydrogens (primary N) is 1. The lowest BCUT2D eigenvalue weighted by atomic mass is 10.2. The summed E-state index contributed by atoms with van der Waals surface area (Å²) in [6.45, 7) is 3.69. The quantitative estimate of drug-likeness (QED) is 0.447. The van der Waals surface area contributed by atoms with Gasteiger partial charge in [-0.25, -0.2) is 9.07 Å². The van der Waals surface area contributed by atoms with Crippen LogP contribution in [0, 0.1) is 19.7 Å². The summed E-state index contributed by atoms with van der Waals surface area (Å²) in [6, 6.07) is 19.2. The Morgan fingerprint density at radius 2 is 1.52 bits per heavy atom. The third kappa shape index (κ3) is 4.90. The van der Waals surface area contributed by atoms with E-state index >= 15 is 0 Å². The van der Waals surface area contributed by atoms with E-state index in [-0.39, 0.29) is 5.91 Å². The van der Waals surface area contributed by atoms with E-state index in [1.165, 1.54) is 10.7 Å². The van der Waals surface area contributed by atoms with Crippen LogP contribution in [0.1, 0.15) is 32.1 Å². The minimum Gasteiger partial charge on any atom is -0.457 e. The molecule has 1 aromatic heterocycles. The first-order chi connectivity index (χ1) is 15.8. The summed E-state index contributed by atoms with van der Waals surface area (Å²) in [6.07, 6.45) is 0. The van der Waals surface area contributed by atoms with Crippen LogP contribution >= 0.6 is 0 Å². The van der Waals surface area contributed by atoms with Crippen molar-refractivity contribution in [1.82, 2.24) is 9.78 Å². The van der Waals surface area contributed by atoms with Gasteiger partial charge in [0.15, 0.2) is 5.82 Å². The van der Waals surface area contributed by atoms with E-state index in [2.05, 4.69) is 10.4 Å². The van der Waals surface area contributed by atoms with Gasteiger partial charge >= 0.3 is 0 Å². The maximum atomic E-state index is 14.7. The van der Waals surface area contributed by atoms with Gasteiger partial charge in [0.2, 0.25) is 5.91 Å². The molecule has 7 nitrogen and oxygen atoms in total. The van der Waals surface area contributed by atoms with E-state index in [4.69, 9.17) is 10.5 Å². The lowest BCUT2D eigenvalue weighted by Gasteiger charge is -2.10. The molecule has 0 fully saturated rings. The topological polar surface area (TPSA) is 99.2 Å². The largest absolute Gasteiger partial charge is 0.457 e. The van der Waals surface area contributed by atoms with E-state index in [0.29, 0.717) is 34.0 Å². The van der Waals surface area contributed by atoms with Crippen molar-refractivity contribution in [3.63, 3.8) is 0 Å². The number of aromatic nitrogens is 2. The Labute approximate surface area is 189 Å². The van der Waals surface area contributed by atoms with Crippen molar-refractivity contribution in [3.8, 4) is 17.2 Å². The van der Waals surface area contributed by atoms with Crippen molar-refractivity contribution in [3.05, 3.63) is 101 Å². The molecule has 3 N–H and O–H groups in total. The number of carbonyl (C=O) groups excluding carboxylic acids is 2. The summed E-state index contributed by atoms with van der Waals surface area (Å²) >= 11 is 0. The van der Waals surface area contributed by atoms with Gasteiger partial charge in [-0.05, 0) is 86.6 Å². The number of rotatable bonds is 6. The molecule has 4 rings (SSSR count). The average Bonchev–Trinajstić information content (AvgIpc) is 3.12. The van der Waals surface area contributed by atoms with Crippen LogP contribution in [0.5, 0.6) is 11.5 Å². The van der Waals surface area contributed by atoms with Crippen molar-refractivity contribution in [2.24, 2.45) is 5.73 Å². The molecule has 0 spiro atoms. The molecule has 8 heteroatoms. The molecule has 1 heterocycles. The highest BCUT2D eigenvalue weighted by molar-refractivity contribution is 6.04. The van der Waals surface area contributed by atoms with Crippen LogP contribution in [0.2, 0.25) is 0 Å². The Hall–Kier alpha value is -4.46. The number of anilines is 1. The number of carbonyl (C=O) groups is 2. The number of nitrogens with one attached hydrogen (secondary N) is 1. The number of amides is 2. The normalized spacial score (nSPS) is 10.6. The maximum Gasteiger partial charge on any atom is 0.255 e. The molecule has 0 radical (unpaired) electrons. The third-order valence-electron chi connectivity index (χ3n) is 4.93. The van der Waals surface area contributed by atoms with Gasteiger partial charge < -0.3 is 15.8 Å². The zero-order valence-corrected chi connectivity index (χ0v) is 18.0. The average molecular weight is 444 g/mol. The van der Waals surface area contributed by atoms with E-state index in [1.807, 2.05) is 19.9 Å². The van der Waals surface area contributed by atoms with Gasteiger partial charge in [0, 0.05) is 22.5 Å². The number of hydrogen-bond acceptors (Lipinski definition) is 4. The standard InChI is InChI=1S/C25H21FN4O3/c1-15-13-16(2)30(29-15)23-12-7-19(14-22(23)26)28-25(32)18-5-10-21(11-6-18)33-20-8-3-17(4-9-20)24(27)31/h3-14H,1-2H3,(H2,27,31)(H,28,32). The number of benzene rings is 3.